The molecule has 0 saturated carbocycles. The SMILES string of the molecule is Cc1ccc(Oc2ccc(NC(=O)CNC(=O)c3ccccc3I)cn2)cc1. The smallest absolute Gasteiger partial charge is 0.252 e. The van der Waals surface area contributed by atoms with Crippen LogP contribution in [0, 0.1) is 10.5 Å². The minimum Gasteiger partial charge on any atom is -0.439 e. The van der Waals surface area contributed by atoms with E-state index in [4.69, 9.17) is 4.74 Å². The molecule has 0 spiro atoms. The maximum atomic E-state index is 12.1. The average molecular weight is 487 g/mol. The zero-order chi connectivity index (χ0) is 19.9. The van der Waals surface area contributed by atoms with Crippen molar-refractivity contribution >= 4 is 40.1 Å². The van der Waals surface area contributed by atoms with Crippen LogP contribution in [0.2, 0.25) is 0 Å². The lowest BCUT2D eigenvalue weighted by Crippen LogP contribution is -2.33. The van der Waals surface area contributed by atoms with E-state index in [2.05, 4.69) is 38.2 Å². The number of amides is 2. The van der Waals surface area contributed by atoms with E-state index < -0.39 is 0 Å². The quantitative estimate of drug-likeness (QED) is 0.512. The number of hydrogen-bond donors (Lipinski definition) is 2. The average Bonchev–Trinajstić information content (AvgIpc) is 2.70. The summed E-state index contributed by atoms with van der Waals surface area (Å²) in [4.78, 5) is 28.4. The summed E-state index contributed by atoms with van der Waals surface area (Å²) in [6.07, 6.45) is 1.50. The Hall–Kier alpha value is -2.94. The molecule has 28 heavy (non-hydrogen) atoms. The Kier molecular flexibility index (Phi) is 6.59. The third kappa shape index (κ3) is 5.53. The fraction of sp³-hybridized carbons (Fsp3) is 0.0952. The van der Waals surface area contributed by atoms with Gasteiger partial charge in [-0.2, -0.15) is 0 Å². The standard InChI is InChI=1S/C21H18IN3O3/c1-14-6-9-16(10-7-14)28-20-11-8-15(12-23-20)25-19(26)13-24-21(27)17-4-2-3-5-18(17)22/h2-12H,13H2,1H3,(H,24,27)(H,25,26). The summed E-state index contributed by atoms with van der Waals surface area (Å²) in [7, 11) is 0. The van der Waals surface area contributed by atoms with Crippen molar-refractivity contribution in [2.24, 2.45) is 0 Å². The molecule has 0 atom stereocenters. The summed E-state index contributed by atoms with van der Waals surface area (Å²) in [5.74, 6) is 0.482. The highest BCUT2D eigenvalue weighted by Gasteiger charge is 2.11. The molecular weight excluding hydrogens is 469 g/mol. The molecule has 0 fully saturated rings. The van der Waals surface area contributed by atoms with Gasteiger partial charge >= 0.3 is 0 Å². The molecule has 0 aliphatic rings. The largest absolute Gasteiger partial charge is 0.439 e. The van der Waals surface area contributed by atoms with Gasteiger partial charge in [-0.3, -0.25) is 9.59 Å². The van der Waals surface area contributed by atoms with E-state index in [-0.39, 0.29) is 18.4 Å². The molecular formula is C21H18IN3O3. The van der Waals surface area contributed by atoms with Gasteiger partial charge in [-0.25, -0.2) is 4.98 Å². The number of carbonyl (C=O) groups is 2. The molecule has 2 amide bonds. The topological polar surface area (TPSA) is 80.3 Å². The van der Waals surface area contributed by atoms with Crippen LogP contribution in [0.25, 0.3) is 0 Å². The van der Waals surface area contributed by atoms with Crippen molar-refractivity contribution in [2.45, 2.75) is 6.92 Å². The van der Waals surface area contributed by atoms with E-state index in [9.17, 15) is 9.59 Å². The molecule has 0 saturated heterocycles. The summed E-state index contributed by atoms with van der Waals surface area (Å²) in [6, 6.07) is 18.2. The normalized spacial score (nSPS) is 10.2. The summed E-state index contributed by atoms with van der Waals surface area (Å²) in [6.45, 7) is 1.87. The van der Waals surface area contributed by atoms with Crippen molar-refractivity contribution < 1.29 is 14.3 Å². The van der Waals surface area contributed by atoms with Crippen LogP contribution in [-0.2, 0) is 4.79 Å². The molecule has 1 heterocycles. The highest BCUT2D eigenvalue weighted by Crippen LogP contribution is 2.20. The highest BCUT2D eigenvalue weighted by molar-refractivity contribution is 14.1. The van der Waals surface area contributed by atoms with Crippen molar-refractivity contribution in [3.05, 3.63) is 81.6 Å². The van der Waals surface area contributed by atoms with Crippen LogP contribution < -0.4 is 15.4 Å². The van der Waals surface area contributed by atoms with Crippen LogP contribution >= 0.6 is 22.6 Å². The molecule has 2 aromatic carbocycles. The maximum Gasteiger partial charge on any atom is 0.252 e. The van der Waals surface area contributed by atoms with Crippen molar-refractivity contribution in [1.82, 2.24) is 10.3 Å². The number of nitrogens with zero attached hydrogens (tertiary/aromatic N) is 1. The van der Waals surface area contributed by atoms with Gasteiger partial charge in [0.15, 0.2) is 0 Å². The number of halogens is 1. The van der Waals surface area contributed by atoms with Gasteiger partial charge in [0.2, 0.25) is 11.8 Å². The molecule has 0 radical (unpaired) electrons. The van der Waals surface area contributed by atoms with Gasteiger partial charge in [0, 0.05) is 9.64 Å². The lowest BCUT2D eigenvalue weighted by atomic mass is 10.2. The van der Waals surface area contributed by atoms with Crippen LogP contribution in [0.5, 0.6) is 11.6 Å². The Bertz CT molecular complexity index is 973. The fourth-order valence-electron chi connectivity index (χ4n) is 2.35. The molecule has 0 aliphatic carbocycles. The summed E-state index contributed by atoms with van der Waals surface area (Å²) in [5.41, 5.74) is 2.20. The van der Waals surface area contributed by atoms with Crippen molar-refractivity contribution in [1.29, 1.82) is 0 Å². The van der Waals surface area contributed by atoms with Gasteiger partial charge in [0.05, 0.1) is 24.0 Å². The van der Waals surface area contributed by atoms with Crippen molar-refractivity contribution in [3.8, 4) is 11.6 Å². The molecule has 3 rings (SSSR count). The van der Waals surface area contributed by atoms with E-state index in [1.54, 1.807) is 24.3 Å². The first-order valence-electron chi connectivity index (χ1n) is 8.54. The minimum absolute atomic E-state index is 0.134. The number of hydrogen-bond acceptors (Lipinski definition) is 4. The number of anilines is 1. The summed E-state index contributed by atoms with van der Waals surface area (Å²) in [5, 5.41) is 5.30. The number of aromatic nitrogens is 1. The molecule has 6 nitrogen and oxygen atoms in total. The van der Waals surface area contributed by atoms with Crippen LogP contribution in [-0.4, -0.2) is 23.3 Å². The second-order valence-electron chi connectivity index (χ2n) is 6.01. The van der Waals surface area contributed by atoms with Gasteiger partial charge in [-0.05, 0) is 59.8 Å². The molecule has 0 aliphatic heterocycles. The molecule has 2 N–H and O–H groups in total. The Balaban J connectivity index is 1.51. The Labute approximate surface area is 176 Å². The summed E-state index contributed by atoms with van der Waals surface area (Å²) >= 11 is 2.08. The van der Waals surface area contributed by atoms with E-state index in [0.717, 1.165) is 9.13 Å². The van der Waals surface area contributed by atoms with E-state index in [1.165, 1.54) is 6.20 Å². The monoisotopic (exact) mass is 487 g/mol. The zero-order valence-electron chi connectivity index (χ0n) is 15.1. The third-order valence-corrected chi connectivity index (χ3v) is 4.73. The number of pyridine rings is 1. The number of rotatable bonds is 6. The van der Waals surface area contributed by atoms with E-state index in [1.807, 2.05) is 43.3 Å². The Morgan fingerprint density at radius 2 is 1.79 bits per heavy atom. The number of benzene rings is 2. The van der Waals surface area contributed by atoms with Crippen molar-refractivity contribution in [3.63, 3.8) is 0 Å². The maximum absolute atomic E-state index is 12.1. The number of ether oxygens (including phenoxy) is 1. The second kappa shape index (κ2) is 9.32. The molecule has 0 unspecified atom stereocenters. The number of carbonyl (C=O) groups excluding carboxylic acids is 2. The minimum atomic E-state index is -0.340. The van der Waals surface area contributed by atoms with Gasteiger partial charge in [0.1, 0.15) is 5.75 Å². The summed E-state index contributed by atoms with van der Waals surface area (Å²) < 4.78 is 6.48. The predicted octanol–water partition coefficient (Wildman–Crippen LogP) is 4.16. The van der Waals surface area contributed by atoms with Crippen molar-refractivity contribution in [2.75, 3.05) is 11.9 Å². The first kappa shape index (κ1) is 19.8. The van der Waals surface area contributed by atoms with Gasteiger partial charge in [-0.1, -0.05) is 29.8 Å². The fourth-order valence-corrected chi connectivity index (χ4v) is 2.98. The van der Waals surface area contributed by atoms with Gasteiger partial charge in [-0.15, -0.1) is 0 Å². The molecule has 142 valence electrons. The lowest BCUT2D eigenvalue weighted by Gasteiger charge is -2.09. The molecule has 0 bridgehead atoms. The number of aryl methyl sites for hydroxylation is 1. The molecule has 3 aromatic rings. The third-order valence-electron chi connectivity index (χ3n) is 3.79. The number of nitrogens with one attached hydrogen (secondary N) is 2. The highest BCUT2D eigenvalue weighted by atomic mass is 127. The van der Waals surface area contributed by atoms with Crippen LogP contribution in [0.3, 0.4) is 0 Å². The predicted molar refractivity (Wildman–Crippen MR) is 116 cm³/mol. The van der Waals surface area contributed by atoms with E-state index in [0.29, 0.717) is 22.9 Å². The lowest BCUT2D eigenvalue weighted by molar-refractivity contribution is -0.115. The van der Waals surface area contributed by atoms with Crippen LogP contribution in [0.1, 0.15) is 15.9 Å². The Morgan fingerprint density at radius 1 is 1.04 bits per heavy atom. The first-order valence-corrected chi connectivity index (χ1v) is 9.62. The zero-order valence-corrected chi connectivity index (χ0v) is 17.3. The van der Waals surface area contributed by atoms with Crippen LogP contribution in [0.15, 0.2) is 66.9 Å². The van der Waals surface area contributed by atoms with Crippen LogP contribution in [0.4, 0.5) is 5.69 Å². The molecule has 1 aromatic heterocycles. The Morgan fingerprint density at radius 3 is 2.46 bits per heavy atom. The van der Waals surface area contributed by atoms with Gasteiger partial charge < -0.3 is 15.4 Å². The van der Waals surface area contributed by atoms with E-state index >= 15 is 0 Å². The first-order chi connectivity index (χ1) is 13.5. The van der Waals surface area contributed by atoms with Gasteiger partial charge in [0.25, 0.3) is 5.91 Å². The molecule has 7 heteroatoms. The second-order valence-corrected chi connectivity index (χ2v) is 7.17.